The maximum absolute atomic E-state index is 12.1. The number of halogens is 1. The van der Waals surface area contributed by atoms with Crippen LogP contribution in [0, 0.1) is 0 Å². The summed E-state index contributed by atoms with van der Waals surface area (Å²) in [5.41, 5.74) is -0.0916. The van der Waals surface area contributed by atoms with Crippen LogP contribution in [0.3, 0.4) is 0 Å². The fourth-order valence-corrected chi connectivity index (χ4v) is 3.71. The van der Waals surface area contributed by atoms with E-state index in [4.69, 9.17) is 25.9 Å². The number of furan rings is 1. The van der Waals surface area contributed by atoms with Crippen LogP contribution in [0.4, 0.5) is 0 Å². The molecule has 2 N–H and O–H groups in total. The quantitative estimate of drug-likeness (QED) is 0.690. The smallest absolute Gasteiger partial charge is 0.338 e. The lowest BCUT2D eigenvalue weighted by Crippen LogP contribution is -2.21. The second-order valence-electron chi connectivity index (χ2n) is 5.27. The Morgan fingerprint density at radius 1 is 1.19 bits per heavy atom. The van der Waals surface area contributed by atoms with Gasteiger partial charge in [0.05, 0.1) is 10.6 Å². The largest absolute Gasteiger partial charge is 0.454 e. The van der Waals surface area contributed by atoms with Crippen LogP contribution < -0.4 is 5.14 Å². The van der Waals surface area contributed by atoms with Crippen LogP contribution in [0.25, 0.3) is 0 Å². The lowest BCUT2D eigenvalue weighted by atomic mass is 10.2. The van der Waals surface area contributed by atoms with E-state index in [2.05, 4.69) is 0 Å². The highest BCUT2D eigenvalue weighted by Crippen LogP contribution is 2.22. The molecule has 1 aromatic carbocycles. The van der Waals surface area contributed by atoms with E-state index < -0.39 is 30.9 Å². The van der Waals surface area contributed by atoms with Gasteiger partial charge in [-0.05, 0) is 30.3 Å². The molecule has 0 aliphatic rings. The number of benzene rings is 1. The minimum absolute atomic E-state index is 0.0916. The van der Waals surface area contributed by atoms with Gasteiger partial charge in [0.1, 0.15) is 17.3 Å². The Morgan fingerprint density at radius 2 is 1.85 bits per heavy atom. The summed E-state index contributed by atoms with van der Waals surface area (Å²) in [4.78, 5) is 11.6. The van der Waals surface area contributed by atoms with Crippen LogP contribution >= 0.6 is 11.6 Å². The van der Waals surface area contributed by atoms with Crippen molar-refractivity contribution in [3.05, 3.63) is 46.7 Å². The number of ether oxygens (including phenoxy) is 1. The number of carbonyl (C=O) groups excluding carboxylic acids is 1. The van der Waals surface area contributed by atoms with Crippen LogP contribution in [0.2, 0.25) is 5.02 Å². The molecular weight excluding hydrogens is 408 g/mol. The molecule has 0 spiro atoms. The molecule has 0 saturated heterocycles. The number of primary sulfonamides is 1. The lowest BCUT2D eigenvalue weighted by Gasteiger charge is -2.08. The summed E-state index contributed by atoms with van der Waals surface area (Å²) in [5, 5.41) is 4.59. The number of esters is 1. The van der Waals surface area contributed by atoms with Gasteiger partial charge in [-0.2, -0.15) is 0 Å². The maximum atomic E-state index is 12.1. The zero-order valence-corrected chi connectivity index (χ0v) is 16.1. The van der Waals surface area contributed by atoms with Crippen molar-refractivity contribution >= 4 is 37.6 Å². The molecule has 1 aromatic heterocycles. The Kier molecular flexibility index (Phi) is 5.78. The first-order valence-electron chi connectivity index (χ1n) is 6.93. The van der Waals surface area contributed by atoms with E-state index in [1.165, 1.54) is 38.4 Å². The molecule has 0 atom stereocenters. The van der Waals surface area contributed by atoms with Gasteiger partial charge in [-0.15, -0.1) is 0 Å². The average molecular weight is 423 g/mol. The molecule has 0 saturated carbocycles. The molecule has 26 heavy (non-hydrogen) atoms. The number of rotatable bonds is 6. The van der Waals surface area contributed by atoms with Crippen LogP contribution in [-0.2, 0) is 31.4 Å². The van der Waals surface area contributed by atoms with E-state index in [1.807, 2.05) is 0 Å². The molecule has 2 rings (SSSR count). The molecule has 0 fully saturated rings. The van der Waals surface area contributed by atoms with E-state index in [-0.39, 0.29) is 28.0 Å². The third kappa shape index (κ3) is 4.43. The minimum Gasteiger partial charge on any atom is -0.454 e. The van der Waals surface area contributed by atoms with Gasteiger partial charge in [-0.1, -0.05) is 11.6 Å². The lowest BCUT2D eigenvalue weighted by molar-refractivity contribution is 0.0440. The number of hydrogen-bond donors (Lipinski definition) is 1. The summed E-state index contributed by atoms with van der Waals surface area (Å²) in [6.07, 6.45) is 0. The maximum Gasteiger partial charge on any atom is 0.338 e. The van der Waals surface area contributed by atoms with Gasteiger partial charge in [-0.25, -0.2) is 31.1 Å². The Morgan fingerprint density at radius 3 is 2.42 bits per heavy atom. The van der Waals surface area contributed by atoms with Crippen molar-refractivity contribution in [2.75, 3.05) is 14.1 Å². The predicted molar refractivity (Wildman–Crippen MR) is 91.5 cm³/mol. The van der Waals surface area contributed by atoms with Crippen LogP contribution in [0.1, 0.15) is 16.1 Å². The van der Waals surface area contributed by atoms with Crippen LogP contribution in [0.15, 0.2) is 44.7 Å². The third-order valence-corrected chi connectivity index (χ3v) is 6.27. The SMILES string of the molecule is CN(C)S(=O)(=O)c1ccc(COC(=O)c2ccc(Cl)c(S(N)(=O)=O)c2)o1. The zero-order valence-electron chi connectivity index (χ0n) is 13.7. The van der Waals surface area contributed by atoms with E-state index in [0.717, 1.165) is 10.4 Å². The topological polar surface area (TPSA) is 137 Å². The molecule has 0 aliphatic heterocycles. The summed E-state index contributed by atoms with van der Waals surface area (Å²) in [6.45, 7) is -0.352. The third-order valence-electron chi connectivity index (χ3n) is 3.19. The molecule has 12 heteroatoms. The standard InChI is InChI=1S/C14H15ClN2O7S2/c1-17(2)26(21,22)13-6-4-10(24-13)8-23-14(18)9-3-5-11(15)12(7-9)25(16,19)20/h3-7H,8H2,1-2H3,(H2,16,19,20). The van der Waals surface area contributed by atoms with Crippen molar-refractivity contribution in [2.45, 2.75) is 16.6 Å². The van der Waals surface area contributed by atoms with Crippen LogP contribution in [-0.4, -0.2) is 41.2 Å². The number of hydrogen-bond acceptors (Lipinski definition) is 7. The van der Waals surface area contributed by atoms with Crippen molar-refractivity contribution in [1.82, 2.24) is 4.31 Å². The van der Waals surface area contributed by atoms with E-state index in [1.54, 1.807) is 0 Å². The molecular formula is C14H15ClN2O7S2. The molecule has 142 valence electrons. The van der Waals surface area contributed by atoms with Gasteiger partial charge in [0.25, 0.3) is 10.0 Å². The van der Waals surface area contributed by atoms with Gasteiger partial charge in [0.2, 0.25) is 15.1 Å². The molecule has 1 heterocycles. The fraction of sp³-hybridized carbons (Fsp3) is 0.214. The number of nitrogens with two attached hydrogens (primary N) is 1. The predicted octanol–water partition coefficient (Wildman–Crippen LogP) is 1.19. The first kappa shape index (κ1) is 20.4. The number of sulfonamides is 2. The van der Waals surface area contributed by atoms with Gasteiger partial charge < -0.3 is 9.15 Å². The number of carbonyl (C=O) groups is 1. The average Bonchev–Trinajstić information content (AvgIpc) is 3.01. The minimum atomic E-state index is -4.11. The highest BCUT2D eigenvalue weighted by Gasteiger charge is 2.22. The van der Waals surface area contributed by atoms with Crippen LogP contribution in [0.5, 0.6) is 0 Å². The second-order valence-corrected chi connectivity index (χ2v) is 9.29. The van der Waals surface area contributed by atoms with Crippen molar-refractivity contribution in [3.8, 4) is 0 Å². The summed E-state index contributed by atoms with van der Waals surface area (Å²) in [7, 11) is -5.15. The summed E-state index contributed by atoms with van der Waals surface area (Å²) < 4.78 is 57.8. The molecule has 0 radical (unpaired) electrons. The molecule has 0 amide bonds. The second kappa shape index (κ2) is 7.37. The molecule has 9 nitrogen and oxygen atoms in total. The van der Waals surface area contributed by atoms with Crippen molar-refractivity contribution < 1.29 is 30.8 Å². The monoisotopic (exact) mass is 422 g/mol. The molecule has 2 aromatic rings. The zero-order chi connectivity index (χ0) is 19.7. The summed E-state index contributed by atoms with van der Waals surface area (Å²) in [5.74, 6) is -0.764. The van der Waals surface area contributed by atoms with Gasteiger partial charge >= 0.3 is 5.97 Å². The Bertz CT molecular complexity index is 1040. The van der Waals surface area contributed by atoms with Gasteiger partial charge in [0.15, 0.2) is 0 Å². The highest BCUT2D eigenvalue weighted by molar-refractivity contribution is 7.89. The van der Waals surface area contributed by atoms with E-state index in [9.17, 15) is 21.6 Å². The van der Waals surface area contributed by atoms with Gasteiger partial charge in [0, 0.05) is 14.1 Å². The highest BCUT2D eigenvalue weighted by atomic mass is 35.5. The Labute approximate surface area is 155 Å². The summed E-state index contributed by atoms with van der Waals surface area (Å²) >= 11 is 5.74. The Balaban J connectivity index is 2.14. The van der Waals surface area contributed by atoms with E-state index in [0.29, 0.717) is 0 Å². The van der Waals surface area contributed by atoms with Crippen molar-refractivity contribution in [1.29, 1.82) is 0 Å². The van der Waals surface area contributed by atoms with E-state index >= 15 is 0 Å². The normalized spacial score (nSPS) is 12.3. The molecule has 0 bridgehead atoms. The van der Waals surface area contributed by atoms with Crippen molar-refractivity contribution in [2.24, 2.45) is 5.14 Å². The summed E-state index contributed by atoms with van der Waals surface area (Å²) in [6, 6.07) is 6.04. The van der Waals surface area contributed by atoms with Gasteiger partial charge in [-0.3, -0.25) is 0 Å². The molecule has 0 aliphatic carbocycles. The van der Waals surface area contributed by atoms with Crippen molar-refractivity contribution in [3.63, 3.8) is 0 Å². The first-order valence-corrected chi connectivity index (χ1v) is 10.3. The first-order chi connectivity index (χ1) is 11.9. The number of nitrogens with zero attached hydrogens (tertiary/aromatic N) is 1. The molecule has 0 unspecified atom stereocenters. The fourth-order valence-electron chi connectivity index (χ4n) is 1.82. The Hall–Kier alpha value is -1.92.